The summed E-state index contributed by atoms with van der Waals surface area (Å²) in [5.74, 6) is 2.72. The van der Waals surface area contributed by atoms with E-state index in [1.807, 2.05) is 6.92 Å². The molecule has 0 aromatic rings. The first-order valence-electron chi connectivity index (χ1n) is 10.1. The van der Waals surface area contributed by atoms with Crippen LogP contribution < -0.4 is 5.32 Å². The lowest BCUT2D eigenvalue weighted by Crippen LogP contribution is -2.53. The summed E-state index contributed by atoms with van der Waals surface area (Å²) in [7, 11) is 0. The average Bonchev–Trinajstić information content (AvgIpc) is 2.52. The van der Waals surface area contributed by atoms with E-state index >= 15 is 0 Å². The van der Waals surface area contributed by atoms with Crippen molar-refractivity contribution in [2.75, 3.05) is 13.2 Å². The number of carbonyl (C=O) groups excluding carboxylic acids is 2. The number of hydrogen-bond acceptors (Lipinski definition) is 3. The fourth-order valence-electron chi connectivity index (χ4n) is 5.76. The zero-order valence-electron chi connectivity index (χ0n) is 15.1. The number of ether oxygens (including phenoxy) is 1. The highest BCUT2D eigenvalue weighted by Crippen LogP contribution is 2.60. The lowest BCUT2D eigenvalue weighted by atomic mass is 9.49. The van der Waals surface area contributed by atoms with Crippen LogP contribution >= 0.6 is 0 Å². The molecule has 136 valence electrons. The molecule has 1 N–H and O–H groups in total. The maximum absolute atomic E-state index is 12.8. The van der Waals surface area contributed by atoms with Crippen molar-refractivity contribution in [2.45, 2.75) is 77.6 Å². The summed E-state index contributed by atoms with van der Waals surface area (Å²) in [6.07, 6.45) is 12.1. The number of esters is 1. The van der Waals surface area contributed by atoms with Gasteiger partial charge in [0.25, 0.3) is 0 Å². The second-order valence-electron chi connectivity index (χ2n) is 8.42. The first-order chi connectivity index (χ1) is 11.6. The van der Waals surface area contributed by atoms with Gasteiger partial charge in [0.15, 0.2) is 0 Å². The second-order valence-corrected chi connectivity index (χ2v) is 8.42. The third-order valence-corrected chi connectivity index (χ3v) is 6.42. The highest BCUT2D eigenvalue weighted by molar-refractivity contribution is 5.83. The summed E-state index contributed by atoms with van der Waals surface area (Å²) in [6.45, 7) is 3.10. The average molecular weight is 335 g/mol. The predicted octanol–water partition coefficient (Wildman–Crippen LogP) is 3.83. The Bertz CT molecular complexity index is 425. The van der Waals surface area contributed by atoms with Crippen LogP contribution in [0.5, 0.6) is 0 Å². The first kappa shape index (κ1) is 17.8. The van der Waals surface area contributed by atoms with Crippen LogP contribution in [0.3, 0.4) is 0 Å². The van der Waals surface area contributed by atoms with E-state index in [0.29, 0.717) is 18.9 Å². The normalized spacial score (nSPS) is 33.5. The van der Waals surface area contributed by atoms with Gasteiger partial charge in [-0.05, 0) is 76.0 Å². The minimum absolute atomic E-state index is 0.0152. The van der Waals surface area contributed by atoms with Crippen molar-refractivity contribution in [1.29, 1.82) is 0 Å². The van der Waals surface area contributed by atoms with Gasteiger partial charge in [0.1, 0.15) is 0 Å². The fraction of sp³-hybridized carbons (Fsp3) is 0.900. The molecular weight excluding hydrogens is 302 g/mol. The van der Waals surface area contributed by atoms with Gasteiger partial charge in [-0.15, -0.1) is 0 Å². The molecule has 0 atom stereocenters. The van der Waals surface area contributed by atoms with E-state index in [1.54, 1.807) is 0 Å². The molecule has 4 rings (SSSR count). The molecule has 0 heterocycles. The van der Waals surface area contributed by atoms with E-state index in [9.17, 15) is 9.59 Å². The number of carbonyl (C=O) groups is 2. The van der Waals surface area contributed by atoms with Crippen LogP contribution in [0, 0.1) is 23.2 Å². The molecule has 4 heteroatoms. The molecule has 4 nitrogen and oxygen atoms in total. The second kappa shape index (κ2) is 7.88. The van der Waals surface area contributed by atoms with Gasteiger partial charge in [-0.3, -0.25) is 9.59 Å². The van der Waals surface area contributed by atoms with E-state index in [4.69, 9.17) is 4.74 Å². The highest BCUT2D eigenvalue weighted by Gasteiger charge is 2.54. The van der Waals surface area contributed by atoms with Crippen LogP contribution in [0.2, 0.25) is 0 Å². The van der Waals surface area contributed by atoms with Crippen LogP contribution in [-0.4, -0.2) is 25.0 Å². The van der Waals surface area contributed by atoms with E-state index < -0.39 is 0 Å². The molecule has 0 unspecified atom stereocenters. The fourth-order valence-corrected chi connectivity index (χ4v) is 5.76. The Kier molecular flexibility index (Phi) is 5.83. The van der Waals surface area contributed by atoms with Crippen LogP contribution in [0.4, 0.5) is 0 Å². The first-order valence-corrected chi connectivity index (χ1v) is 10.1. The predicted molar refractivity (Wildman–Crippen MR) is 93.3 cm³/mol. The van der Waals surface area contributed by atoms with E-state index in [2.05, 4.69) is 5.32 Å². The van der Waals surface area contributed by atoms with E-state index in [0.717, 1.165) is 69.2 Å². The Morgan fingerprint density at radius 2 is 1.54 bits per heavy atom. The topological polar surface area (TPSA) is 55.4 Å². The molecular formula is C20H33NO3. The van der Waals surface area contributed by atoms with Gasteiger partial charge in [-0.1, -0.05) is 12.8 Å². The maximum Gasteiger partial charge on any atom is 0.305 e. The van der Waals surface area contributed by atoms with E-state index in [-0.39, 0.29) is 11.4 Å². The van der Waals surface area contributed by atoms with Gasteiger partial charge in [-0.2, -0.15) is 0 Å². The molecule has 4 aliphatic rings. The van der Waals surface area contributed by atoms with Crippen LogP contribution in [0.25, 0.3) is 0 Å². The smallest absolute Gasteiger partial charge is 0.305 e. The van der Waals surface area contributed by atoms with E-state index in [1.165, 1.54) is 19.3 Å². The summed E-state index contributed by atoms with van der Waals surface area (Å²) in [5, 5.41) is 3.23. The Morgan fingerprint density at radius 1 is 0.958 bits per heavy atom. The van der Waals surface area contributed by atoms with Gasteiger partial charge in [-0.25, -0.2) is 0 Å². The summed E-state index contributed by atoms with van der Waals surface area (Å²) < 4.78 is 4.92. The van der Waals surface area contributed by atoms with Gasteiger partial charge in [0, 0.05) is 18.4 Å². The van der Waals surface area contributed by atoms with Crippen LogP contribution in [0.1, 0.15) is 77.6 Å². The Balaban J connectivity index is 1.30. The molecule has 0 radical (unpaired) electrons. The quantitative estimate of drug-likeness (QED) is 0.514. The summed E-state index contributed by atoms with van der Waals surface area (Å²) >= 11 is 0. The van der Waals surface area contributed by atoms with Crippen LogP contribution in [-0.2, 0) is 14.3 Å². The van der Waals surface area contributed by atoms with Crippen molar-refractivity contribution >= 4 is 11.9 Å². The Labute approximate surface area is 146 Å². The summed E-state index contributed by atoms with van der Waals surface area (Å²) in [4.78, 5) is 24.0. The van der Waals surface area contributed by atoms with Crippen molar-refractivity contribution in [2.24, 2.45) is 23.2 Å². The molecule has 4 aliphatic carbocycles. The minimum Gasteiger partial charge on any atom is -0.466 e. The van der Waals surface area contributed by atoms with Crippen molar-refractivity contribution in [3.8, 4) is 0 Å². The molecule has 4 fully saturated rings. The SMILES string of the molecule is CCOC(=O)CCCCCCNC(=O)C12CC3CC(CC(C3)C1)C2. The minimum atomic E-state index is -0.0902. The lowest BCUT2D eigenvalue weighted by molar-refractivity contribution is -0.146. The third kappa shape index (κ3) is 4.12. The van der Waals surface area contributed by atoms with Crippen molar-refractivity contribution in [3.63, 3.8) is 0 Å². The molecule has 1 amide bonds. The number of unbranched alkanes of at least 4 members (excludes halogenated alkanes) is 3. The maximum atomic E-state index is 12.8. The molecule has 4 bridgehead atoms. The number of hydrogen-bond donors (Lipinski definition) is 1. The number of amides is 1. The van der Waals surface area contributed by atoms with Crippen molar-refractivity contribution in [1.82, 2.24) is 5.32 Å². The standard InChI is InChI=1S/C20H33NO3/c1-2-24-18(22)7-5-3-4-6-8-21-19(23)20-12-15-9-16(13-20)11-17(10-15)14-20/h15-17H,2-14H2,1H3,(H,21,23). The molecule has 4 saturated carbocycles. The summed E-state index contributed by atoms with van der Waals surface area (Å²) in [5.41, 5.74) is -0.0152. The lowest BCUT2D eigenvalue weighted by Gasteiger charge is -2.55. The Hall–Kier alpha value is -1.06. The summed E-state index contributed by atoms with van der Waals surface area (Å²) in [6, 6.07) is 0. The zero-order valence-corrected chi connectivity index (χ0v) is 15.1. The number of nitrogens with one attached hydrogen (secondary N) is 1. The zero-order chi connectivity index (χ0) is 17.0. The number of rotatable bonds is 9. The van der Waals surface area contributed by atoms with Gasteiger partial charge in [0.2, 0.25) is 5.91 Å². The highest BCUT2D eigenvalue weighted by atomic mass is 16.5. The van der Waals surface area contributed by atoms with Crippen molar-refractivity contribution in [3.05, 3.63) is 0 Å². The molecule has 0 spiro atoms. The monoisotopic (exact) mass is 335 g/mol. The molecule has 0 aromatic heterocycles. The van der Waals surface area contributed by atoms with Gasteiger partial charge in [0.05, 0.1) is 6.61 Å². The molecule has 0 aromatic carbocycles. The Morgan fingerprint density at radius 3 is 2.12 bits per heavy atom. The van der Waals surface area contributed by atoms with Gasteiger partial charge >= 0.3 is 5.97 Å². The third-order valence-electron chi connectivity index (χ3n) is 6.42. The molecule has 0 aliphatic heterocycles. The van der Waals surface area contributed by atoms with Gasteiger partial charge < -0.3 is 10.1 Å². The van der Waals surface area contributed by atoms with Crippen molar-refractivity contribution < 1.29 is 14.3 Å². The largest absolute Gasteiger partial charge is 0.466 e. The van der Waals surface area contributed by atoms with Crippen LogP contribution in [0.15, 0.2) is 0 Å². The molecule has 24 heavy (non-hydrogen) atoms. The molecule has 0 saturated heterocycles.